The molecule has 64 valence electrons. The van der Waals surface area contributed by atoms with Crippen LogP contribution in [0.2, 0.25) is 0 Å². The van der Waals surface area contributed by atoms with E-state index in [1.54, 1.807) is 0 Å². The molecule has 0 aromatic heterocycles. The minimum atomic E-state index is 0.362. The van der Waals surface area contributed by atoms with Gasteiger partial charge in [0.15, 0.2) is 0 Å². The summed E-state index contributed by atoms with van der Waals surface area (Å²) in [5.41, 5.74) is 6.13. The molecule has 2 heteroatoms. The van der Waals surface area contributed by atoms with Crippen LogP contribution in [-0.4, -0.2) is 19.3 Å². The molecule has 11 heavy (non-hydrogen) atoms. The van der Waals surface area contributed by atoms with Crippen LogP contribution in [0.15, 0.2) is 0 Å². The minimum absolute atomic E-state index is 0.362. The first kappa shape index (κ1) is 7.56. The molecule has 0 aromatic carbocycles. The molecule has 0 bridgehead atoms. The van der Waals surface area contributed by atoms with Gasteiger partial charge in [-0.1, -0.05) is 6.42 Å². The second-order valence-corrected chi connectivity index (χ2v) is 4.06. The average molecular weight is 155 g/mol. The van der Waals surface area contributed by atoms with Gasteiger partial charge in [-0.2, -0.15) is 0 Å². The number of nitrogens with two attached hydrogens (primary N) is 1. The van der Waals surface area contributed by atoms with Gasteiger partial charge in [0.25, 0.3) is 0 Å². The highest BCUT2D eigenvalue weighted by Crippen LogP contribution is 2.47. The van der Waals surface area contributed by atoms with Crippen molar-refractivity contribution >= 4 is 0 Å². The first-order valence-corrected chi connectivity index (χ1v) is 4.66. The molecule has 0 amide bonds. The van der Waals surface area contributed by atoms with Crippen molar-refractivity contribution in [2.45, 2.75) is 38.2 Å². The quantitative estimate of drug-likeness (QED) is 0.619. The zero-order valence-corrected chi connectivity index (χ0v) is 7.01. The lowest BCUT2D eigenvalue weighted by molar-refractivity contribution is -0.0922. The summed E-state index contributed by atoms with van der Waals surface area (Å²) in [6, 6.07) is 0. The van der Waals surface area contributed by atoms with Gasteiger partial charge in [0, 0.05) is 6.54 Å². The summed E-state index contributed by atoms with van der Waals surface area (Å²) in [4.78, 5) is 0. The molecular formula is C9H17NO. The second kappa shape index (κ2) is 2.76. The van der Waals surface area contributed by atoms with Gasteiger partial charge in [-0.05, 0) is 31.1 Å². The lowest BCUT2D eigenvalue weighted by Crippen LogP contribution is -2.43. The molecule has 1 heterocycles. The van der Waals surface area contributed by atoms with Crippen molar-refractivity contribution in [1.82, 2.24) is 0 Å². The molecule has 2 fully saturated rings. The van der Waals surface area contributed by atoms with Gasteiger partial charge in [-0.25, -0.2) is 0 Å². The smallest absolute Gasteiger partial charge is 0.0697 e. The molecular weight excluding hydrogens is 138 g/mol. The number of rotatable bonds is 1. The maximum atomic E-state index is 5.66. The van der Waals surface area contributed by atoms with Crippen LogP contribution in [0.5, 0.6) is 0 Å². The van der Waals surface area contributed by atoms with E-state index in [0.29, 0.717) is 18.1 Å². The summed E-state index contributed by atoms with van der Waals surface area (Å²) >= 11 is 0. The van der Waals surface area contributed by atoms with Crippen LogP contribution in [0.3, 0.4) is 0 Å². The van der Waals surface area contributed by atoms with E-state index in [0.717, 1.165) is 6.61 Å². The minimum Gasteiger partial charge on any atom is -0.376 e. The Morgan fingerprint density at radius 1 is 1.36 bits per heavy atom. The molecule has 1 atom stereocenters. The van der Waals surface area contributed by atoms with Crippen molar-refractivity contribution < 1.29 is 4.74 Å². The van der Waals surface area contributed by atoms with Crippen molar-refractivity contribution in [3.05, 3.63) is 0 Å². The third-order valence-electron chi connectivity index (χ3n) is 3.30. The van der Waals surface area contributed by atoms with Crippen molar-refractivity contribution in [2.75, 3.05) is 13.2 Å². The van der Waals surface area contributed by atoms with Gasteiger partial charge >= 0.3 is 0 Å². The molecule has 1 spiro atoms. The maximum Gasteiger partial charge on any atom is 0.0697 e. The Morgan fingerprint density at radius 2 is 2.18 bits per heavy atom. The van der Waals surface area contributed by atoms with E-state index in [1.165, 1.54) is 32.1 Å². The van der Waals surface area contributed by atoms with Gasteiger partial charge < -0.3 is 10.5 Å². The fraction of sp³-hybridized carbons (Fsp3) is 1.00. The summed E-state index contributed by atoms with van der Waals surface area (Å²) in [5, 5.41) is 0. The van der Waals surface area contributed by atoms with Gasteiger partial charge in [0.05, 0.1) is 12.7 Å². The lowest BCUT2D eigenvalue weighted by Gasteiger charge is -2.46. The standard InChI is InChI=1S/C9H17NO/c10-6-8-2-5-9(7-11-8)3-1-4-9/h8H,1-7,10H2/t8-/m0/s1. The summed E-state index contributed by atoms with van der Waals surface area (Å²) in [7, 11) is 0. The molecule has 2 N–H and O–H groups in total. The Morgan fingerprint density at radius 3 is 2.55 bits per heavy atom. The van der Waals surface area contributed by atoms with Crippen LogP contribution in [0.1, 0.15) is 32.1 Å². The first-order valence-electron chi connectivity index (χ1n) is 4.66. The number of hydrogen-bond donors (Lipinski definition) is 1. The molecule has 0 aromatic rings. The Balaban J connectivity index is 1.84. The maximum absolute atomic E-state index is 5.66. The Hall–Kier alpha value is -0.0800. The molecule has 2 aliphatic rings. The zero-order valence-electron chi connectivity index (χ0n) is 7.01. The highest BCUT2D eigenvalue weighted by atomic mass is 16.5. The Kier molecular flexibility index (Phi) is 1.90. The summed E-state index contributed by atoms with van der Waals surface area (Å²) in [5.74, 6) is 0. The SMILES string of the molecule is NC[C@@H]1CCC2(CCC2)CO1. The summed E-state index contributed by atoms with van der Waals surface area (Å²) in [6.07, 6.45) is 7.11. The molecule has 1 aliphatic carbocycles. The van der Waals surface area contributed by atoms with E-state index in [-0.39, 0.29) is 0 Å². The van der Waals surface area contributed by atoms with Crippen LogP contribution < -0.4 is 5.73 Å². The van der Waals surface area contributed by atoms with Crippen LogP contribution in [0.25, 0.3) is 0 Å². The zero-order chi connectivity index (χ0) is 7.73. The van der Waals surface area contributed by atoms with Gasteiger partial charge in [-0.3, -0.25) is 0 Å². The van der Waals surface area contributed by atoms with E-state index in [1.807, 2.05) is 0 Å². The number of hydrogen-bond acceptors (Lipinski definition) is 2. The highest BCUT2D eigenvalue weighted by molar-refractivity contribution is 4.91. The van der Waals surface area contributed by atoms with Gasteiger partial charge in [-0.15, -0.1) is 0 Å². The first-order chi connectivity index (χ1) is 5.35. The molecule has 1 saturated carbocycles. The normalized spacial score (nSPS) is 35.2. The predicted octanol–water partition coefficient (Wildman–Crippen LogP) is 1.29. The van der Waals surface area contributed by atoms with E-state index in [2.05, 4.69) is 0 Å². The fourth-order valence-corrected chi connectivity index (χ4v) is 2.17. The monoisotopic (exact) mass is 155 g/mol. The summed E-state index contributed by atoms with van der Waals surface area (Å²) < 4.78 is 5.66. The Bertz CT molecular complexity index is 132. The molecule has 0 radical (unpaired) electrons. The van der Waals surface area contributed by atoms with Gasteiger partial charge in [0.1, 0.15) is 0 Å². The third kappa shape index (κ3) is 1.30. The molecule has 0 unspecified atom stereocenters. The molecule has 1 aliphatic heterocycles. The average Bonchev–Trinajstić information content (AvgIpc) is 2.02. The third-order valence-corrected chi connectivity index (χ3v) is 3.30. The van der Waals surface area contributed by atoms with Crippen LogP contribution in [-0.2, 0) is 4.74 Å². The van der Waals surface area contributed by atoms with E-state index < -0.39 is 0 Å². The largest absolute Gasteiger partial charge is 0.376 e. The van der Waals surface area contributed by atoms with E-state index in [9.17, 15) is 0 Å². The molecule has 1 saturated heterocycles. The lowest BCUT2D eigenvalue weighted by atomic mass is 9.65. The topological polar surface area (TPSA) is 35.2 Å². The van der Waals surface area contributed by atoms with Crippen LogP contribution in [0.4, 0.5) is 0 Å². The van der Waals surface area contributed by atoms with Crippen LogP contribution >= 0.6 is 0 Å². The van der Waals surface area contributed by atoms with Gasteiger partial charge in [0.2, 0.25) is 0 Å². The van der Waals surface area contributed by atoms with Crippen LogP contribution in [0, 0.1) is 5.41 Å². The number of ether oxygens (including phenoxy) is 1. The second-order valence-electron chi connectivity index (χ2n) is 4.06. The fourth-order valence-electron chi connectivity index (χ4n) is 2.17. The van der Waals surface area contributed by atoms with Crippen molar-refractivity contribution in [3.8, 4) is 0 Å². The molecule has 2 rings (SSSR count). The molecule has 2 nitrogen and oxygen atoms in total. The Labute approximate surface area is 68.1 Å². The summed E-state index contributed by atoms with van der Waals surface area (Å²) in [6.45, 7) is 1.69. The van der Waals surface area contributed by atoms with E-state index >= 15 is 0 Å². The van der Waals surface area contributed by atoms with Crippen molar-refractivity contribution in [2.24, 2.45) is 11.1 Å². The highest BCUT2D eigenvalue weighted by Gasteiger charge is 2.40. The van der Waals surface area contributed by atoms with Crippen molar-refractivity contribution in [3.63, 3.8) is 0 Å². The van der Waals surface area contributed by atoms with E-state index in [4.69, 9.17) is 10.5 Å². The predicted molar refractivity (Wildman–Crippen MR) is 44.3 cm³/mol. The van der Waals surface area contributed by atoms with Crippen molar-refractivity contribution in [1.29, 1.82) is 0 Å².